The number of rotatable bonds is 5. The van der Waals surface area contributed by atoms with E-state index in [-0.39, 0.29) is 6.10 Å². The standard InChI is InChI=1S/C17H26O2/c1-13-4-3-5-17(12-13)19-16-10-8-15(9-11-16)7-6-14(2)18/h8-11,13-14,17-18H,3-7,12H2,1-2H3. The summed E-state index contributed by atoms with van der Waals surface area (Å²) in [6.45, 7) is 4.15. The molecule has 1 aromatic rings. The first-order valence-electron chi connectivity index (χ1n) is 7.57. The lowest BCUT2D eigenvalue weighted by Gasteiger charge is -2.27. The average molecular weight is 262 g/mol. The van der Waals surface area contributed by atoms with Crippen molar-refractivity contribution in [1.82, 2.24) is 0 Å². The minimum atomic E-state index is -0.223. The zero-order chi connectivity index (χ0) is 13.7. The van der Waals surface area contributed by atoms with E-state index in [1.165, 1.54) is 31.2 Å². The zero-order valence-electron chi connectivity index (χ0n) is 12.1. The van der Waals surface area contributed by atoms with Gasteiger partial charge in [0, 0.05) is 0 Å². The van der Waals surface area contributed by atoms with E-state index in [9.17, 15) is 5.11 Å². The third-order valence-corrected chi connectivity index (χ3v) is 3.97. The van der Waals surface area contributed by atoms with Gasteiger partial charge in [0.1, 0.15) is 5.75 Å². The average Bonchev–Trinajstić information content (AvgIpc) is 2.38. The molecular weight excluding hydrogens is 236 g/mol. The van der Waals surface area contributed by atoms with Crippen LogP contribution in [0.4, 0.5) is 0 Å². The van der Waals surface area contributed by atoms with Crippen molar-refractivity contribution in [2.45, 2.75) is 64.6 Å². The first-order valence-corrected chi connectivity index (χ1v) is 7.57. The van der Waals surface area contributed by atoms with E-state index >= 15 is 0 Å². The molecule has 0 amide bonds. The van der Waals surface area contributed by atoms with Gasteiger partial charge in [0.15, 0.2) is 0 Å². The van der Waals surface area contributed by atoms with Crippen molar-refractivity contribution in [2.75, 3.05) is 0 Å². The van der Waals surface area contributed by atoms with E-state index in [0.717, 1.165) is 24.5 Å². The van der Waals surface area contributed by atoms with Crippen molar-refractivity contribution < 1.29 is 9.84 Å². The van der Waals surface area contributed by atoms with Gasteiger partial charge in [-0.1, -0.05) is 25.5 Å². The number of aliphatic hydroxyl groups is 1. The van der Waals surface area contributed by atoms with Crippen LogP contribution in [0.25, 0.3) is 0 Å². The molecule has 0 heterocycles. The van der Waals surface area contributed by atoms with Crippen LogP contribution in [-0.2, 0) is 6.42 Å². The Hall–Kier alpha value is -1.02. The molecule has 0 saturated heterocycles. The summed E-state index contributed by atoms with van der Waals surface area (Å²) in [5.74, 6) is 1.78. The second-order valence-corrected chi connectivity index (χ2v) is 6.04. The van der Waals surface area contributed by atoms with Crippen LogP contribution in [0.2, 0.25) is 0 Å². The van der Waals surface area contributed by atoms with Crippen molar-refractivity contribution in [3.05, 3.63) is 29.8 Å². The molecule has 0 spiro atoms. The van der Waals surface area contributed by atoms with E-state index in [0.29, 0.717) is 6.10 Å². The molecule has 2 nitrogen and oxygen atoms in total. The Balaban J connectivity index is 1.84. The summed E-state index contributed by atoms with van der Waals surface area (Å²) >= 11 is 0. The minimum absolute atomic E-state index is 0.223. The number of benzene rings is 1. The predicted octanol–water partition coefficient (Wildman–Crippen LogP) is 3.96. The number of hydrogen-bond donors (Lipinski definition) is 1. The van der Waals surface area contributed by atoms with Gasteiger partial charge in [-0.15, -0.1) is 0 Å². The highest BCUT2D eigenvalue weighted by atomic mass is 16.5. The molecular formula is C17H26O2. The summed E-state index contributed by atoms with van der Waals surface area (Å²) in [6, 6.07) is 8.36. The fourth-order valence-electron chi connectivity index (χ4n) is 2.79. The topological polar surface area (TPSA) is 29.5 Å². The first kappa shape index (κ1) is 14.4. The van der Waals surface area contributed by atoms with E-state index in [1.54, 1.807) is 0 Å². The molecule has 3 atom stereocenters. The molecule has 1 saturated carbocycles. The van der Waals surface area contributed by atoms with Crippen molar-refractivity contribution >= 4 is 0 Å². The first-order chi connectivity index (χ1) is 9.13. The summed E-state index contributed by atoms with van der Waals surface area (Å²) in [5, 5.41) is 9.28. The highest BCUT2D eigenvalue weighted by molar-refractivity contribution is 5.27. The summed E-state index contributed by atoms with van der Waals surface area (Å²) in [6.07, 6.45) is 6.93. The molecule has 106 valence electrons. The van der Waals surface area contributed by atoms with Gasteiger partial charge in [-0.2, -0.15) is 0 Å². The number of ether oxygens (including phenoxy) is 1. The molecule has 3 unspecified atom stereocenters. The van der Waals surface area contributed by atoms with Crippen molar-refractivity contribution in [2.24, 2.45) is 5.92 Å². The third-order valence-electron chi connectivity index (χ3n) is 3.97. The van der Waals surface area contributed by atoms with Crippen LogP contribution in [0, 0.1) is 5.92 Å². The summed E-state index contributed by atoms with van der Waals surface area (Å²) in [4.78, 5) is 0. The molecule has 0 aliphatic heterocycles. The maximum Gasteiger partial charge on any atom is 0.119 e. The third kappa shape index (κ3) is 4.87. The maximum atomic E-state index is 9.28. The van der Waals surface area contributed by atoms with Crippen molar-refractivity contribution in [3.8, 4) is 5.75 Å². The van der Waals surface area contributed by atoms with Gasteiger partial charge in [-0.25, -0.2) is 0 Å². The number of hydrogen-bond acceptors (Lipinski definition) is 2. The van der Waals surface area contributed by atoms with Gasteiger partial charge < -0.3 is 9.84 Å². The molecule has 1 aliphatic rings. The highest BCUT2D eigenvalue weighted by Crippen LogP contribution is 2.27. The molecule has 1 fully saturated rings. The molecule has 1 aromatic carbocycles. The largest absolute Gasteiger partial charge is 0.490 e. The lowest BCUT2D eigenvalue weighted by Crippen LogP contribution is -2.24. The highest BCUT2D eigenvalue weighted by Gasteiger charge is 2.20. The van der Waals surface area contributed by atoms with Gasteiger partial charge in [0.25, 0.3) is 0 Å². The van der Waals surface area contributed by atoms with Crippen LogP contribution >= 0.6 is 0 Å². The van der Waals surface area contributed by atoms with Crippen molar-refractivity contribution in [1.29, 1.82) is 0 Å². The van der Waals surface area contributed by atoms with E-state index in [1.807, 2.05) is 6.92 Å². The Morgan fingerprint density at radius 3 is 2.63 bits per heavy atom. The van der Waals surface area contributed by atoms with E-state index < -0.39 is 0 Å². The molecule has 1 aliphatic carbocycles. The quantitative estimate of drug-likeness (QED) is 0.870. The van der Waals surface area contributed by atoms with Crippen LogP contribution in [-0.4, -0.2) is 17.3 Å². The smallest absolute Gasteiger partial charge is 0.119 e. The molecule has 0 radical (unpaired) electrons. The normalized spacial score (nSPS) is 25.0. The molecule has 1 N–H and O–H groups in total. The molecule has 2 heteroatoms. The van der Waals surface area contributed by atoms with Gasteiger partial charge in [0.05, 0.1) is 12.2 Å². The second kappa shape index (κ2) is 6.95. The lowest BCUT2D eigenvalue weighted by molar-refractivity contribution is 0.129. The van der Waals surface area contributed by atoms with Crippen molar-refractivity contribution in [3.63, 3.8) is 0 Å². The minimum Gasteiger partial charge on any atom is -0.490 e. The number of aliphatic hydroxyl groups excluding tert-OH is 1. The van der Waals surface area contributed by atoms with Crippen LogP contribution in [0.5, 0.6) is 5.75 Å². The van der Waals surface area contributed by atoms with Crippen LogP contribution in [0.15, 0.2) is 24.3 Å². The fraction of sp³-hybridized carbons (Fsp3) is 0.647. The molecule has 19 heavy (non-hydrogen) atoms. The Morgan fingerprint density at radius 2 is 2.00 bits per heavy atom. The summed E-state index contributed by atoms with van der Waals surface area (Å²) in [7, 11) is 0. The maximum absolute atomic E-state index is 9.28. The Bertz CT molecular complexity index is 369. The SMILES string of the molecule is CC(O)CCc1ccc(OC2CCCC(C)C2)cc1. The van der Waals surface area contributed by atoms with Gasteiger partial charge in [-0.3, -0.25) is 0 Å². The van der Waals surface area contributed by atoms with Gasteiger partial charge >= 0.3 is 0 Å². The summed E-state index contributed by atoms with van der Waals surface area (Å²) < 4.78 is 6.06. The fourth-order valence-corrected chi connectivity index (χ4v) is 2.79. The Labute approximate surface area is 116 Å². The second-order valence-electron chi connectivity index (χ2n) is 6.04. The number of aryl methyl sites for hydroxylation is 1. The Morgan fingerprint density at radius 1 is 1.26 bits per heavy atom. The van der Waals surface area contributed by atoms with Gasteiger partial charge in [0.2, 0.25) is 0 Å². The van der Waals surface area contributed by atoms with E-state index in [2.05, 4.69) is 31.2 Å². The van der Waals surface area contributed by atoms with Crippen LogP contribution < -0.4 is 4.74 Å². The summed E-state index contributed by atoms with van der Waals surface area (Å²) in [5.41, 5.74) is 1.27. The molecule has 2 rings (SSSR count). The molecule has 0 aromatic heterocycles. The van der Waals surface area contributed by atoms with E-state index in [4.69, 9.17) is 4.74 Å². The Kier molecular flexibility index (Phi) is 5.26. The lowest BCUT2D eigenvalue weighted by atomic mass is 9.89. The van der Waals surface area contributed by atoms with Crippen LogP contribution in [0.1, 0.15) is 51.5 Å². The predicted molar refractivity (Wildman–Crippen MR) is 78.5 cm³/mol. The monoisotopic (exact) mass is 262 g/mol. The van der Waals surface area contributed by atoms with Crippen LogP contribution in [0.3, 0.4) is 0 Å². The zero-order valence-corrected chi connectivity index (χ0v) is 12.1. The molecule has 0 bridgehead atoms. The van der Waals surface area contributed by atoms with Gasteiger partial charge in [-0.05, 0) is 62.6 Å².